The van der Waals surface area contributed by atoms with Crippen LogP contribution in [0.25, 0.3) is 0 Å². The summed E-state index contributed by atoms with van der Waals surface area (Å²) in [6, 6.07) is 8.14. The summed E-state index contributed by atoms with van der Waals surface area (Å²) in [5, 5.41) is 15.6. The number of aromatic amines is 1. The van der Waals surface area contributed by atoms with Gasteiger partial charge in [0.15, 0.2) is 12.4 Å². The highest BCUT2D eigenvalue weighted by Gasteiger charge is 2.36. The SMILES string of the molecule is N#Cc1cn[nH]c1C(c1c(Cl)cc(C(F)(F)F)cc1Cl)[n+]1ccccc1. The normalized spacial score (nSPS) is 12.6. The first kappa shape index (κ1) is 18.2. The first-order chi connectivity index (χ1) is 12.3. The molecule has 1 atom stereocenters. The fourth-order valence-corrected chi connectivity index (χ4v) is 3.32. The molecule has 2 heterocycles. The number of hydrogen-bond acceptors (Lipinski definition) is 2. The summed E-state index contributed by atoms with van der Waals surface area (Å²) in [7, 11) is 0. The molecule has 3 aromatic rings. The zero-order valence-corrected chi connectivity index (χ0v) is 14.4. The summed E-state index contributed by atoms with van der Waals surface area (Å²) in [5.74, 6) is 0. The summed E-state index contributed by atoms with van der Waals surface area (Å²) in [5.41, 5.74) is -0.109. The highest BCUT2D eigenvalue weighted by atomic mass is 35.5. The maximum absolute atomic E-state index is 13.0. The van der Waals surface area contributed by atoms with Gasteiger partial charge in [0, 0.05) is 12.1 Å². The van der Waals surface area contributed by atoms with Gasteiger partial charge in [0.25, 0.3) is 0 Å². The van der Waals surface area contributed by atoms with Gasteiger partial charge in [-0.2, -0.15) is 28.1 Å². The van der Waals surface area contributed by atoms with Crippen LogP contribution in [0.4, 0.5) is 13.2 Å². The monoisotopic (exact) mass is 397 g/mol. The standard InChI is InChI=1S/C17H10Cl2F3N4/c18-12-6-11(17(20,21)22)7-13(19)14(12)16(26-4-2-1-3-5-26)15-10(8-23)9-24-25-15/h1-7,9,16H,(H,24,25)/q+1. The summed E-state index contributed by atoms with van der Waals surface area (Å²) in [4.78, 5) is 0. The van der Waals surface area contributed by atoms with E-state index in [9.17, 15) is 18.4 Å². The Morgan fingerprint density at radius 2 is 1.73 bits per heavy atom. The van der Waals surface area contributed by atoms with Crippen molar-refractivity contribution in [3.05, 3.63) is 81.4 Å². The lowest BCUT2D eigenvalue weighted by Gasteiger charge is -2.17. The van der Waals surface area contributed by atoms with Crippen LogP contribution in [-0.4, -0.2) is 10.2 Å². The van der Waals surface area contributed by atoms with E-state index in [-0.39, 0.29) is 21.2 Å². The zero-order valence-electron chi connectivity index (χ0n) is 12.9. The second-order valence-corrected chi connectivity index (χ2v) is 6.20. The van der Waals surface area contributed by atoms with Gasteiger partial charge in [0.2, 0.25) is 6.04 Å². The Morgan fingerprint density at radius 1 is 1.12 bits per heavy atom. The molecule has 0 aliphatic heterocycles. The molecule has 4 nitrogen and oxygen atoms in total. The molecule has 3 rings (SSSR count). The van der Waals surface area contributed by atoms with Crippen molar-refractivity contribution in [1.29, 1.82) is 5.26 Å². The number of halogens is 5. The molecule has 0 spiro atoms. The third kappa shape index (κ3) is 3.39. The lowest BCUT2D eigenvalue weighted by atomic mass is 9.98. The molecule has 0 saturated heterocycles. The number of nitriles is 1. The van der Waals surface area contributed by atoms with Gasteiger partial charge in [-0.15, -0.1) is 0 Å². The van der Waals surface area contributed by atoms with Crippen molar-refractivity contribution in [2.45, 2.75) is 12.2 Å². The van der Waals surface area contributed by atoms with Crippen LogP contribution in [-0.2, 0) is 6.18 Å². The number of benzene rings is 1. The lowest BCUT2D eigenvalue weighted by Crippen LogP contribution is -2.41. The van der Waals surface area contributed by atoms with Gasteiger partial charge >= 0.3 is 6.18 Å². The van der Waals surface area contributed by atoms with E-state index in [2.05, 4.69) is 10.2 Å². The molecule has 0 aliphatic rings. The molecule has 26 heavy (non-hydrogen) atoms. The largest absolute Gasteiger partial charge is 0.416 e. The molecule has 0 amide bonds. The molecule has 132 valence electrons. The topological polar surface area (TPSA) is 56.4 Å². The summed E-state index contributed by atoms with van der Waals surface area (Å²) in [6.45, 7) is 0. The van der Waals surface area contributed by atoms with Gasteiger partial charge in [-0.3, -0.25) is 5.10 Å². The van der Waals surface area contributed by atoms with Crippen molar-refractivity contribution in [1.82, 2.24) is 10.2 Å². The molecule has 0 fully saturated rings. The molecule has 0 bridgehead atoms. The van der Waals surface area contributed by atoms with Crippen molar-refractivity contribution >= 4 is 23.2 Å². The van der Waals surface area contributed by atoms with Crippen LogP contribution >= 0.6 is 23.2 Å². The number of pyridine rings is 1. The Balaban J connectivity index is 2.26. The first-order valence-electron chi connectivity index (χ1n) is 7.28. The summed E-state index contributed by atoms with van der Waals surface area (Å²) < 4.78 is 40.7. The zero-order chi connectivity index (χ0) is 18.9. The highest BCUT2D eigenvalue weighted by Crippen LogP contribution is 2.39. The average Bonchev–Trinajstić information content (AvgIpc) is 3.06. The number of rotatable bonds is 3. The van der Waals surface area contributed by atoms with Crippen LogP contribution < -0.4 is 4.57 Å². The molecule has 2 aromatic heterocycles. The number of alkyl halides is 3. The molecule has 0 aliphatic carbocycles. The van der Waals surface area contributed by atoms with E-state index in [0.717, 1.165) is 12.1 Å². The van der Waals surface area contributed by atoms with Crippen LogP contribution in [0.5, 0.6) is 0 Å². The minimum atomic E-state index is -4.58. The molecule has 0 radical (unpaired) electrons. The number of nitrogens with zero attached hydrogens (tertiary/aromatic N) is 3. The Morgan fingerprint density at radius 3 is 2.27 bits per heavy atom. The minimum absolute atomic E-state index is 0.162. The summed E-state index contributed by atoms with van der Waals surface area (Å²) >= 11 is 12.4. The molecule has 0 saturated carbocycles. The van der Waals surface area contributed by atoms with Crippen LogP contribution in [0.15, 0.2) is 48.9 Å². The van der Waals surface area contributed by atoms with E-state index in [1.807, 2.05) is 6.07 Å². The number of H-pyrrole nitrogens is 1. The first-order valence-corrected chi connectivity index (χ1v) is 8.03. The van der Waals surface area contributed by atoms with Gasteiger partial charge in [-0.25, -0.2) is 0 Å². The molecule has 1 unspecified atom stereocenters. The average molecular weight is 398 g/mol. The third-order valence-corrected chi connectivity index (χ3v) is 4.40. The van der Waals surface area contributed by atoms with Crippen LogP contribution in [0.3, 0.4) is 0 Å². The van der Waals surface area contributed by atoms with Crippen LogP contribution in [0.2, 0.25) is 10.0 Å². The van der Waals surface area contributed by atoms with Crippen molar-refractivity contribution in [2.24, 2.45) is 0 Å². The predicted octanol–water partition coefficient (Wildman–Crippen LogP) is 4.53. The van der Waals surface area contributed by atoms with E-state index >= 15 is 0 Å². The number of aromatic nitrogens is 3. The second kappa shape index (κ2) is 6.98. The lowest BCUT2D eigenvalue weighted by molar-refractivity contribution is -0.705. The number of nitrogens with one attached hydrogen (secondary N) is 1. The van der Waals surface area contributed by atoms with Gasteiger partial charge in [-0.05, 0) is 12.1 Å². The van der Waals surface area contributed by atoms with Crippen molar-refractivity contribution in [3.8, 4) is 6.07 Å². The third-order valence-electron chi connectivity index (χ3n) is 3.78. The Hall–Kier alpha value is -2.56. The van der Waals surface area contributed by atoms with Crippen LogP contribution in [0.1, 0.15) is 28.4 Å². The molecule has 1 aromatic carbocycles. The Kier molecular flexibility index (Phi) is 4.90. The maximum Gasteiger partial charge on any atom is 0.416 e. The number of hydrogen-bond donors (Lipinski definition) is 1. The van der Waals surface area contributed by atoms with Crippen molar-refractivity contribution < 1.29 is 17.7 Å². The van der Waals surface area contributed by atoms with Gasteiger partial charge in [0.1, 0.15) is 17.3 Å². The van der Waals surface area contributed by atoms with Crippen LogP contribution in [0, 0.1) is 11.3 Å². The van der Waals surface area contributed by atoms with E-state index < -0.39 is 17.8 Å². The van der Waals surface area contributed by atoms with E-state index in [1.54, 1.807) is 35.2 Å². The Bertz CT molecular complexity index is 955. The van der Waals surface area contributed by atoms with Gasteiger partial charge < -0.3 is 0 Å². The maximum atomic E-state index is 13.0. The van der Waals surface area contributed by atoms with Crippen molar-refractivity contribution in [2.75, 3.05) is 0 Å². The van der Waals surface area contributed by atoms with E-state index in [4.69, 9.17) is 23.2 Å². The predicted molar refractivity (Wildman–Crippen MR) is 88.6 cm³/mol. The summed E-state index contributed by atoms with van der Waals surface area (Å²) in [6.07, 6.45) is 0.138. The molecular formula is C17H10Cl2F3N4+. The Labute approximate surface area is 156 Å². The second-order valence-electron chi connectivity index (χ2n) is 5.39. The quantitative estimate of drug-likeness (QED) is 0.659. The molecule has 9 heteroatoms. The van der Waals surface area contributed by atoms with Crippen molar-refractivity contribution in [3.63, 3.8) is 0 Å². The fourth-order valence-electron chi connectivity index (χ4n) is 2.63. The molecule has 1 N–H and O–H groups in total. The minimum Gasteiger partial charge on any atom is -0.274 e. The highest BCUT2D eigenvalue weighted by molar-refractivity contribution is 6.36. The van der Waals surface area contributed by atoms with E-state index in [1.165, 1.54) is 6.20 Å². The smallest absolute Gasteiger partial charge is 0.274 e. The van der Waals surface area contributed by atoms with E-state index in [0.29, 0.717) is 5.69 Å². The fraction of sp³-hybridized carbons (Fsp3) is 0.118. The molecular weight excluding hydrogens is 388 g/mol. The van der Waals surface area contributed by atoms with Gasteiger partial charge in [0.05, 0.1) is 27.4 Å². The van der Waals surface area contributed by atoms with Gasteiger partial charge in [-0.1, -0.05) is 29.3 Å².